The van der Waals surface area contributed by atoms with Crippen LogP contribution >= 0.6 is 0 Å². The molecule has 1 saturated heterocycles. The Morgan fingerprint density at radius 2 is 1.63 bits per heavy atom. The van der Waals surface area contributed by atoms with Gasteiger partial charge in [-0.05, 0) is 74.5 Å². The molecule has 236 valence electrons. The van der Waals surface area contributed by atoms with E-state index in [2.05, 4.69) is 17.1 Å². The smallest absolute Gasteiger partial charge is 0.410 e. The van der Waals surface area contributed by atoms with Crippen LogP contribution in [0, 0.1) is 17.7 Å². The minimum absolute atomic E-state index is 0.151. The highest BCUT2D eigenvalue weighted by atomic mass is 19.1. The molecular weight excluding hydrogens is 545 g/mol. The lowest BCUT2D eigenvalue weighted by Crippen LogP contribution is -2.48. The Hall–Kier alpha value is -2.97. The number of carboxylic acid groups (broad SMARTS) is 1. The molecular formula is C35H50FN3O4. The Balaban J connectivity index is 0.000000628. The Morgan fingerprint density at radius 3 is 2.19 bits per heavy atom. The number of nitrogens with zero attached hydrogens (tertiary/aromatic N) is 2. The number of rotatable bonds is 12. The van der Waals surface area contributed by atoms with E-state index in [0.29, 0.717) is 24.4 Å². The molecule has 2 saturated carbocycles. The molecule has 2 aliphatic carbocycles. The van der Waals surface area contributed by atoms with Crippen molar-refractivity contribution in [2.45, 2.75) is 95.9 Å². The highest BCUT2D eigenvalue weighted by Gasteiger charge is 2.34. The molecule has 1 amide bonds. The summed E-state index contributed by atoms with van der Waals surface area (Å²) in [6.45, 7) is 5.87. The molecule has 5 rings (SSSR count). The summed E-state index contributed by atoms with van der Waals surface area (Å²) in [4.78, 5) is 29.0. The number of piperidine rings is 1. The molecule has 3 fully saturated rings. The average molecular weight is 596 g/mol. The second-order valence-electron chi connectivity index (χ2n) is 12.5. The fourth-order valence-corrected chi connectivity index (χ4v) is 6.61. The molecule has 2 aromatic rings. The van der Waals surface area contributed by atoms with Gasteiger partial charge in [0.25, 0.3) is 0 Å². The van der Waals surface area contributed by atoms with Crippen molar-refractivity contribution in [2.24, 2.45) is 11.8 Å². The van der Waals surface area contributed by atoms with Gasteiger partial charge in [0.2, 0.25) is 0 Å². The van der Waals surface area contributed by atoms with Gasteiger partial charge in [-0.15, -0.1) is 0 Å². The molecule has 1 heterocycles. The molecule has 8 heteroatoms. The molecule has 0 aromatic heterocycles. The predicted molar refractivity (Wildman–Crippen MR) is 167 cm³/mol. The van der Waals surface area contributed by atoms with Crippen molar-refractivity contribution in [1.82, 2.24) is 15.1 Å². The normalized spacial score (nSPS) is 21.7. The second kappa shape index (κ2) is 17.4. The van der Waals surface area contributed by atoms with Crippen LogP contribution < -0.4 is 5.32 Å². The van der Waals surface area contributed by atoms with Crippen LogP contribution in [0.1, 0.15) is 76.7 Å². The summed E-state index contributed by atoms with van der Waals surface area (Å²) in [5.74, 6) is 0.177. The highest BCUT2D eigenvalue weighted by molar-refractivity contribution is 5.73. The van der Waals surface area contributed by atoms with Crippen LogP contribution in [0.3, 0.4) is 0 Å². The number of hydrogen-bond donors (Lipinski definition) is 2. The maximum atomic E-state index is 13.1. The number of hydrogen-bond acceptors (Lipinski definition) is 5. The zero-order valence-corrected chi connectivity index (χ0v) is 25.7. The number of nitrogens with one attached hydrogen (secondary N) is 1. The number of amides is 1. The molecule has 7 nitrogen and oxygen atoms in total. The Morgan fingerprint density at radius 1 is 0.977 bits per heavy atom. The summed E-state index contributed by atoms with van der Waals surface area (Å²) in [6.07, 6.45) is 10.1. The van der Waals surface area contributed by atoms with Gasteiger partial charge in [-0.3, -0.25) is 4.79 Å². The molecule has 0 bridgehead atoms. The molecule has 2 N–H and O–H groups in total. The third-order valence-corrected chi connectivity index (χ3v) is 9.23. The first-order valence-electron chi connectivity index (χ1n) is 16.3. The first-order chi connectivity index (χ1) is 20.9. The van der Waals surface area contributed by atoms with Crippen molar-refractivity contribution in [3.8, 4) is 0 Å². The van der Waals surface area contributed by atoms with Gasteiger partial charge in [0.15, 0.2) is 0 Å². The summed E-state index contributed by atoms with van der Waals surface area (Å²) in [5.41, 5.74) is 0.781. The van der Waals surface area contributed by atoms with Gasteiger partial charge in [-0.2, -0.15) is 0 Å². The van der Waals surface area contributed by atoms with Crippen molar-refractivity contribution in [3.05, 3.63) is 72.0 Å². The van der Waals surface area contributed by atoms with Crippen LogP contribution in [0.2, 0.25) is 0 Å². The van der Waals surface area contributed by atoms with E-state index in [1.807, 2.05) is 41.3 Å². The average Bonchev–Trinajstić information content (AvgIpc) is 3.45. The van der Waals surface area contributed by atoms with E-state index in [1.165, 1.54) is 31.4 Å². The second-order valence-corrected chi connectivity index (χ2v) is 12.5. The van der Waals surface area contributed by atoms with Crippen LogP contribution in [0.5, 0.6) is 0 Å². The molecule has 3 atom stereocenters. The number of benzene rings is 2. The van der Waals surface area contributed by atoms with Crippen LogP contribution in [0.25, 0.3) is 0 Å². The lowest BCUT2D eigenvalue weighted by atomic mass is 9.80. The first kappa shape index (κ1) is 32.9. The van der Waals surface area contributed by atoms with Gasteiger partial charge in [0, 0.05) is 38.3 Å². The zero-order chi connectivity index (χ0) is 30.4. The highest BCUT2D eigenvalue weighted by Crippen LogP contribution is 2.32. The van der Waals surface area contributed by atoms with Crippen molar-refractivity contribution in [2.75, 3.05) is 26.2 Å². The van der Waals surface area contributed by atoms with Gasteiger partial charge in [0.05, 0.1) is 0 Å². The predicted octanol–water partition coefficient (Wildman–Crippen LogP) is 6.73. The van der Waals surface area contributed by atoms with Gasteiger partial charge in [-0.1, -0.05) is 74.7 Å². The van der Waals surface area contributed by atoms with Crippen LogP contribution in [0.15, 0.2) is 60.7 Å². The van der Waals surface area contributed by atoms with Crippen molar-refractivity contribution in [1.29, 1.82) is 0 Å². The molecule has 3 unspecified atom stereocenters. The summed E-state index contributed by atoms with van der Waals surface area (Å²) in [7, 11) is 0. The van der Waals surface area contributed by atoms with Crippen molar-refractivity contribution in [3.63, 3.8) is 0 Å². The van der Waals surface area contributed by atoms with E-state index >= 15 is 0 Å². The van der Waals surface area contributed by atoms with Crippen LogP contribution in [0.4, 0.5) is 9.18 Å². The van der Waals surface area contributed by atoms with E-state index < -0.39 is 12.0 Å². The largest absolute Gasteiger partial charge is 0.480 e. The molecule has 0 radical (unpaired) electrons. The number of carbonyl (C=O) groups excluding carboxylic acids is 1. The number of carbonyl (C=O) groups is 2. The lowest BCUT2D eigenvalue weighted by Gasteiger charge is -2.38. The van der Waals surface area contributed by atoms with E-state index in [-0.39, 0.29) is 24.6 Å². The van der Waals surface area contributed by atoms with Crippen molar-refractivity contribution >= 4 is 12.1 Å². The summed E-state index contributed by atoms with van der Waals surface area (Å²) in [5, 5.41) is 13.1. The zero-order valence-electron chi connectivity index (χ0n) is 25.7. The molecule has 43 heavy (non-hydrogen) atoms. The van der Waals surface area contributed by atoms with Crippen LogP contribution in [-0.2, 0) is 16.1 Å². The summed E-state index contributed by atoms with van der Waals surface area (Å²) in [6, 6.07) is 18.1. The van der Waals surface area contributed by atoms with Gasteiger partial charge < -0.3 is 25.0 Å². The fourth-order valence-electron chi connectivity index (χ4n) is 6.61. The third kappa shape index (κ3) is 10.9. The Labute approximate surface area is 256 Å². The van der Waals surface area contributed by atoms with Gasteiger partial charge >= 0.3 is 12.1 Å². The van der Waals surface area contributed by atoms with E-state index in [1.54, 1.807) is 12.1 Å². The van der Waals surface area contributed by atoms with E-state index in [0.717, 1.165) is 70.1 Å². The number of ether oxygens (including phenoxy) is 1. The third-order valence-electron chi connectivity index (χ3n) is 9.23. The number of aliphatic carboxylic acids is 1. The quantitative estimate of drug-likeness (QED) is 0.283. The number of halogens is 1. The monoisotopic (exact) mass is 595 g/mol. The number of carboxylic acids is 1. The topological polar surface area (TPSA) is 82.1 Å². The summed E-state index contributed by atoms with van der Waals surface area (Å²) >= 11 is 0. The molecule has 0 spiro atoms. The molecule has 2 aromatic carbocycles. The van der Waals surface area contributed by atoms with Crippen molar-refractivity contribution < 1.29 is 23.8 Å². The SMILES string of the molecule is CCCN(C(=O)OCc1ccc(F)cc1)C1CCN(CC2CCC(NC(CC3CCC3)C(=O)O)C2)CC1.c1ccccc1. The Bertz CT molecular complexity index is 1060. The van der Waals surface area contributed by atoms with Gasteiger partial charge in [0.1, 0.15) is 18.5 Å². The summed E-state index contributed by atoms with van der Waals surface area (Å²) < 4.78 is 18.7. The van der Waals surface area contributed by atoms with E-state index in [4.69, 9.17) is 4.74 Å². The minimum atomic E-state index is -0.703. The van der Waals surface area contributed by atoms with Gasteiger partial charge in [-0.25, -0.2) is 9.18 Å². The maximum Gasteiger partial charge on any atom is 0.410 e. The Kier molecular flexibility index (Phi) is 13.3. The molecule has 3 aliphatic rings. The fraction of sp³-hybridized carbons (Fsp3) is 0.600. The lowest BCUT2D eigenvalue weighted by molar-refractivity contribution is -0.140. The maximum absolute atomic E-state index is 13.1. The molecule has 1 aliphatic heterocycles. The number of likely N-dealkylation sites (tertiary alicyclic amines) is 1. The van der Waals surface area contributed by atoms with Crippen LogP contribution in [-0.4, -0.2) is 71.3 Å². The van der Waals surface area contributed by atoms with E-state index in [9.17, 15) is 19.1 Å². The minimum Gasteiger partial charge on any atom is -0.480 e. The first-order valence-corrected chi connectivity index (χ1v) is 16.3. The standard InChI is InChI=1S/C29H44FN3O4.C6H6/c1-2-14-33(29(36)37-20-22-6-9-24(30)10-7-22)26-12-15-32(16-13-26)19-23-8-11-25(17-23)31-27(28(34)35)18-21-4-3-5-21;1-2-4-6-5-3-1/h6-7,9-10,21,23,25-27,31H,2-5,8,11-20H2,1H3,(H,34,35);1-6H.